The van der Waals surface area contributed by atoms with Gasteiger partial charge in [-0.2, -0.15) is 0 Å². The molecule has 3 heterocycles. The summed E-state index contributed by atoms with van der Waals surface area (Å²) in [5.41, 5.74) is 2.28. The highest BCUT2D eigenvalue weighted by Gasteiger charge is 2.14. The van der Waals surface area contributed by atoms with E-state index in [1.165, 1.54) is 18.5 Å². The molecule has 2 aliphatic rings. The quantitative estimate of drug-likeness (QED) is 0.933. The number of hydrogen-bond acceptors (Lipinski definition) is 6. The summed E-state index contributed by atoms with van der Waals surface area (Å²) in [6, 6.07) is 10.5. The molecule has 2 aromatic rings. The first-order valence-electron chi connectivity index (χ1n) is 8.65. The van der Waals surface area contributed by atoms with Gasteiger partial charge in [-0.05, 0) is 37.1 Å². The predicted octanol–water partition coefficient (Wildman–Crippen LogP) is 2.66. The van der Waals surface area contributed by atoms with Crippen LogP contribution in [-0.2, 0) is 4.74 Å². The number of aromatic nitrogens is 2. The summed E-state index contributed by atoms with van der Waals surface area (Å²) in [6.07, 6.45) is 4.13. The second kappa shape index (κ2) is 7.05. The second-order valence-electron chi connectivity index (χ2n) is 6.23. The normalized spacial score (nSPS) is 18.0. The molecule has 6 heteroatoms. The Morgan fingerprint density at radius 3 is 2.38 bits per heavy atom. The van der Waals surface area contributed by atoms with E-state index in [9.17, 15) is 0 Å². The lowest BCUT2D eigenvalue weighted by atomic mass is 10.2. The van der Waals surface area contributed by atoms with Crippen molar-refractivity contribution in [1.29, 1.82) is 0 Å². The largest absolute Gasteiger partial charge is 0.378 e. The third-order valence-corrected chi connectivity index (χ3v) is 4.60. The zero-order valence-electron chi connectivity index (χ0n) is 13.8. The molecule has 24 heavy (non-hydrogen) atoms. The Morgan fingerprint density at radius 1 is 0.875 bits per heavy atom. The van der Waals surface area contributed by atoms with Gasteiger partial charge in [-0.1, -0.05) is 0 Å². The summed E-state index contributed by atoms with van der Waals surface area (Å²) in [5, 5.41) is 3.38. The summed E-state index contributed by atoms with van der Waals surface area (Å²) >= 11 is 0. The van der Waals surface area contributed by atoms with Gasteiger partial charge >= 0.3 is 0 Å². The molecule has 0 atom stereocenters. The van der Waals surface area contributed by atoms with Crippen LogP contribution in [-0.4, -0.2) is 49.4 Å². The van der Waals surface area contributed by atoms with Crippen LogP contribution in [0.1, 0.15) is 12.8 Å². The van der Waals surface area contributed by atoms with Crippen molar-refractivity contribution in [2.24, 2.45) is 0 Å². The van der Waals surface area contributed by atoms with Crippen molar-refractivity contribution < 1.29 is 4.74 Å². The number of nitrogens with one attached hydrogen (secondary N) is 1. The number of benzene rings is 1. The van der Waals surface area contributed by atoms with Gasteiger partial charge in [-0.15, -0.1) is 0 Å². The van der Waals surface area contributed by atoms with Crippen molar-refractivity contribution in [1.82, 2.24) is 9.97 Å². The van der Waals surface area contributed by atoms with Crippen LogP contribution in [0.5, 0.6) is 0 Å². The number of nitrogens with zero attached hydrogens (tertiary/aromatic N) is 4. The first kappa shape index (κ1) is 15.2. The topological polar surface area (TPSA) is 53.5 Å². The number of rotatable bonds is 4. The van der Waals surface area contributed by atoms with E-state index < -0.39 is 0 Å². The van der Waals surface area contributed by atoms with E-state index in [1.807, 2.05) is 6.07 Å². The molecule has 1 aromatic carbocycles. The maximum absolute atomic E-state index is 5.41. The van der Waals surface area contributed by atoms with Crippen molar-refractivity contribution in [3.63, 3.8) is 0 Å². The maximum Gasteiger partial charge on any atom is 0.135 e. The van der Waals surface area contributed by atoms with Crippen molar-refractivity contribution in [3.05, 3.63) is 36.7 Å². The molecule has 2 fully saturated rings. The fourth-order valence-corrected chi connectivity index (χ4v) is 3.26. The summed E-state index contributed by atoms with van der Waals surface area (Å²) in [4.78, 5) is 13.4. The molecule has 0 amide bonds. The van der Waals surface area contributed by atoms with Crippen LogP contribution >= 0.6 is 0 Å². The highest BCUT2D eigenvalue weighted by molar-refractivity contribution is 5.62. The fourth-order valence-electron chi connectivity index (χ4n) is 3.26. The molecule has 0 radical (unpaired) electrons. The Balaban J connectivity index is 1.44. The van der Waals surface area contributed by atoms with E-state index in [2.05, 4.69) is 49.4 Å². The molecule has 1 aromatic heterocycles. The second-order valence-corrected chi connectivity index (χ2v) is 6.23. The number of morpholine rings is 1. The van der Waals surface area contributed by atoms with Crippen LogP contribution in [0.15, 0.2) is 36.7 Å². The monoisotopic (exact) mass is 325 g/mol. The number of anilines is 4. The number of ether oxygens (including phenoxy) is 1. The van der Waals surface area contributed by atoms with E-state index in [0.29, 0.717) is 0 Å². The number of hydrogen-bond donors (Lipinski definition) is 1. The molecule has 1 N–H and O–H groups in total. The van der Waals surface area contributed by atoms with Crippen LogP contribution in [0.2, 0.25) is 0 Å². The summed E-state index contributed by atoms with van der Waals surface area (Å²) in [5.74, 6) is 1.85. The third kappa shape index (κ3) is 3.43. The molecule has 126 valence electrons. The van der Waals surface area contributed by atoms with Gasteiger partial charge in [0.15, 0.2) is 0 Å². The van der Waals surface area contributed by atoms with Gasteiger partial charge < -0.3 is 19.9 Å². The Hall–Kier alpha value is -2.34. The summed E-state index contributed by atoms with van der Waals surface area (Å²) in [7, 11) is 0. The van der Waals surface area contributed by atoms with Gasteiger partial charge in [0.25, 0.3) is 0 Å². The van der Waals surface area contributed by atoms with E-state index in [1.54, 1.807) is 6.33 Å². The standard InChI is InChI=1S/C18H23N5O/c1-2-8-23(7-1)18-13-17(19-14-20-18)21-15-3-5-16(6-4-15)22-9-11-24-12-10-22/h3-6,13-14H,1-2,7-12H2,(H,19,20,21). The minimum Gasteiger partial charge on any atom is -0.378 e. The molecule has 4 rings (SSSR count). The van der Waals surface area contributed by atoms with Gasteiger partial charge in [0.2, 0.25) is 0 Å². The van der Waals surface area contributed by atoms with Crippen LogP contribution in [0.25, 0.3) is 0 Å². The van der Waals surface area contributed by atoms with E-state index >= 15 is 0 Å². The van der Waals surface area contributed by atoms with Crippen molar-refractivity contribution in [3.8, 4) is 0 Å². The minimum absolute atomic E-state index is 0.806. The Kier molecular flexibility index (Phi) is 4.46. The van der Waals surface area contributed by atoms with Crippen LogP contribution < -0.4 is 15.1 Å². The SMILES string of the molecule is c1nc(Nc2ccc(N3CCOCC3)cc2)cc(N2CCCC2)n1. The van der Waals surface area contributed by atoms with E-state index in [0.717, 1.165) is 56.7 Å². The van der Waals surface area contributed by atoms with Crippen LogP contribution in [0.4, 0.5) is 23.0 Å². The summed E-state index contributed by atoms with van der Waals surface area (Å²) < 4.78 is 5.41. The molecule has 0 unspecified atom stereocenters. The average Bonchev–Trinajstić information content (AvgIpc) is 3.18. The highest BCUT2D eigenvalue weighted by Crippen LogP contribution is 2.23. The van der Waals surface area contributed by atoms with Crippen LogP contribution in [0.3, 0.4) is 0 Å². The molecule has 0 saturated carbocycles. The van der Waals surface area contributed by atoms with Gasteiger partial charge in [-0.3, -0.25) is 0 Å². The molecule has 6 nitrogen and oxygen atoms in total. The Labute approximate surface area is 142 Å². The first-order chi connectivity index (χ1) is 11.9. The Morgan fingerprint density at radius 2 is 1.62 bits per heavy atom. The van der Waals surface area contributed by atoms with Crippen LogP contribution in [0, 0.1) is 0 Å². The molecule has 0 spiro atoms. The van der Waals surface area contributed by atoms with E-state index in [-0.39, 0.29) is 0 Å². The van der Waals surface area contributed by atoms with Crippen molar-refractivity contribution >= 4 is 23.0 Å². The Bertz CT molecular complexity index is 663. The lowest BCUT2D eigenvalue weighted by Crippen LogP contribution is -2.36. The average molecular weight is 325 g/mol. The molecular formula is C18H23N5O. The predicted molar refractivity (Wildman–Crippen MR) is 96.2 cm³/mol. The molecule has 2 aliphatic heterocycles. The molecule has 0 aliphatic carbocycles. The highest BCUT2D eigenvalue weighted by atomic mass is 16.5. The third-order valence-electron chi connectivity index (χ3n) is 4.60. The first-order valence-corrected chi connectivity index (χ1v) is 8.65. The zero-order valence-corrected chi connectivity index (χ0v) is 13.8. The smallest absolute Gasteiger partial charge is 0.135 e. The molecular weight excluding hydrogens is 302 g/mol. The van der Waals surface area contributed by atoms with Gasteiger partial charge in [-0.25, -0.2) is 9.97 Å². The maximum atomic E-state index is 5.41. The molecule has 2 saturated heterocycles. The summed E-state index contributed by atoms with van der Waals surface area (Å²) in [6.45, 7) is 5.70. The van der Waals surface area contributed by atoms with Crippen molar-refractivity contribution in [2.75, 3.05) is 54.5 Å². The molecule has 0 bridgehead atoms. The lowest BCUT2D eigenvalue weighted by molar-refractivity contribution is 0.122. The van der Waals surface area contributed by atoms with E-state index in [4.69, 9.17) is 4.74 Å². The van der Waals surface area contributed by atoms with Crippen molar-refractivity contribution in [2.45, 2.75) is 12.8 Å². The van der Waals surface area contributed by atoms with Gasteiger partial charge in [0, 0.05) is 43.6 Å². The fraction of sp³-hybridized carbons (Fsp3) is 0.444. The van der Waals surface area contributed by atoms with Gasteiger partial charge in [0.1, 0.15) is 18.0 Å². The van der Waals surface area contributed by atoms with Gasteiger partial charge in [0.05, 0.1) is 13.2 Å². The zero-order chi connectivity index (χ0) is 16.2. The minimum atomic E-state index is 0.806. The lowest BCUT2D eigenvalue weighted by Gasteiger charge is -2.28.